The number of amides is 2. The quantitative estimate of drug-likeness (QED) is 0.745. The summed E-state index contributed by atoms with van der Waals surface area (Å²) in [4.78, 5) is 24.3. The summed E-state index contributed by atoms with van der Waals surface area (Å²) in [5.41, 5.74) is -0.696. The van der Waals surface area contributed by atoms with Gasteiger partial charge < -0.3 is 15.4 Å². The highest BCUT2D eigenvalue weighted by atomic mass is 35.5. The second-order valence-electron chi connectivity index (χ2n) is 6.39. The number of alkyl halides is 3. The average molecular weight is 395 g/mol. The largest absolute Gasteiger partial charge is 0.481 e. The van der Waals surface area contributed by atoms with Crippen LogP contribution in [0.4, 0.5) is 13.2 Å². The Kier molecular flexibility index (Phi) is 7.32. The van der Waals surface area contributed by atoms with Crippen molar-refractivity contribution in [2.45, 2.75) is 51.9 Å². The summed E-state index contributed by atoms with van der Waals surface area (Å²) in [6, 6.07) is 4.97. The molecule has 0 saturated carbocycles. The molecule has 0 spiro atoms. The normalized spacial score (nSPS) is 13.1. The van der Waals surface area contributed by atoms with Gasteiger partial charge in [0.05, 0.1) is 0 Å². The molecule has 5 nitrogen and oxygen atoms in total. The number of hydrogen-bond acceptors (Lipinski definition) is 3. The van der Waals surface area contributed by atoms with Crippen LogP contribution in [0.3, 0.4) is 0 Å². The summed E-state index contributed by atoms with van der Waals surface area (Å²) in [6.07, 6.45) is -5.17. The molecule has 26 heavy (non-hydrogen) atoms. The van der Waals surface area contributed by atoms with E-state index in [1.165, 1.54) is 13.8 Å². The Labute approximate surface area is 155 Å². The summed E-state index contributed by atoms with van der Waals surface area (Å²) in [6.45, 7) is 4.67. The molecule has 9 heteroatoms. The molecule has 0 heterocycles. The molecule has 1 rings (SSSR count). The molecule has 0 radical (unpaired) electrons. The maximum absolute atomic E-state index is 12.4. The Morgan fingerprint density at radius 2 is 1.85 bits per heavy atom. The first-order valence-electron chi connectivity index (χ1n) is 7.95. The summed E-state index contributed by atoms with van der Waals surface area (Å²) < 4.78 is 42.3. The number of ether oxygens (including phenoxy) is 1. The molecule has 1 unspecified atom stereocenters. The lowest BCUT2D eigenvalue weighted by Gasteiger charge is -2.28. The summed E-state index contributed by atoms with van der Waals surface area (Å²) in [5, 5.41) is 4.62. The number of nitrogens with one attached hydrogen (secondary N) is 2. The predicted octanol–water partition coefficient (Wildman–Crippen LogP) is 3.38. The molecule has 0 fully saturated rings. The first-order valence-corrected chi connectivity index (χ1v) is 8.33. The van der Waals surface area contributed by atoms with E-state index in [1.807, 2.05) is 6.92 Å². The Hall–Kier alpha value is -1.96. The van der Waals surface area contributed by atoms with Crippen molar-refractivity contribution in [2.24, 2.45) is 0 Å². The van der Waals surface area contributed by atoms with E-state index in [1.54, 1.807) is 30.4 Å². The van der Waals surface area contributed by atoms with Crippen molar-refractivity contribution in [1.29, 1.82) is 0 Å². The number of aryl methyl sites for hydroxylation is 1. The van der Waals surface area contributed by atoms with Crippen molar-refractivity contribution in [3.05, 3.63) is 28.8 Å². The van der Waals surface area contributed by atoms with Crippen LogP contribution in [0.5, 0.6) is 5.75 Å². The van der Waals surface area contributed by atoms with Gasteiger partial charge in [-0.25, -0.2) is 0 Å². The van der Waals surface area contributed by atoms with Gasteiger partial charge in [0.2, 0.25) is 5.91 Å². The first-order chi connectivity index (χ1) is 11.8. The molecule has 2 amide bonds. The van der Waals surface area contributed by atoms with Crippen LogP contribution in [-0.4, -0.2) is 36.2 Å². The molecule has 0 bridgehead atoms. The molecule has 0 aliphatic carbocycles. The van der Waals surface area contributed by atoms with Gasteiger partial charge >= 0.3 is 6.18 Å². The van der Waals surface area contributed by atoms with Crippen LogP contribution in [0.1, 0.15) is 32.8 Å². The van der Waals surface area contributed by atoms with E-state index in [0.29, 0.717) is 10.8 Å². The highest BCUT2D eigenvalue weighted by Gasteiger charge is 2.35. The van der Waals surface area contributed by atoms with Gasteiger partial charge in [-0.15, -0.1) is 0 Å². The zero-order valence-corrected chi connectivity index (χ0v) is 15.7. The number of carbonyl (C=O) groups is 2. The third-order valence-corrected chi connectivity index (χ3v) is 3.63. The van der Waals surface area contributed by atoms with E-state index in [2.05, 4.69) is 5.32 Å². The highest BCUT2D eigenvalue weighted by molar-refractivity contribution is 6.30. The minimum absolute atomic E-state index is 0.289. The summed E-state index contributed by atoms with van der Waals surface area (Å²) in [5.74, 6) is -1.18. The van der Waals surface area contributed by atoms with Gasteiger partial charge in [-0.1, -0.05) is 18.5 Å². The standard InChI is InChI=1S/C17H22ClF3N2O3/c1-5-13(26-12-7-10(2)6-11(18)8-12)14(24)23-16(3,4)15(25)22-9-17(19,20)21/h6-8,13H,5,9H2,1-4H3,(H,22,25)(H,23,24). The van der Waals surface area contributed by atoms with Crippen LogP contribution in [0.15, 0.2) is 18.2 Å². The smallest absolute Gasteiger partial charge is 0.405 e. The molecule has 1 aromatic rings. The summed E-state index contributed by atoms with van der Waals surface area (Å²) in [7, 11) is 0. The van der Waals surface area contributed by atoms with Gasteiger partial charge in [0.15, 0.2) is 6.10 Å². The van der Waals surface area contributed by atoms with E-state index >= 15 is 0 Å². The molecule has 0 aliphatic heterocycles. The van der Waals surface area contributed by atoms with Crippen LogP contribution in [0.25, 0.3) is 0 Å². The van der Waals surface area contributed by atoms with Crippen LogP contribution in [0.2, 0.25) is 5.02 Å². The molecule has 1 atom stereocenters. The van der Waals surface area contributed by atoms with Crippen LogP contribution in [0, 0.1) is 6.92 Å². The molecule has 1 aromatic carbocycles. The number of rotatable bonds is 7. The first kappa shape index (κ1) is 22.1. The second-order valence-corrected chi connectivity index (χ2v) is 6.83. The van der Waals surface area contributed by atoms with Gasteiger partial charge in [-0.3, -0.25) is 9.59 Å². The number of hydrogen-bond donors (Lipinski definition) is 2. The Balaban J connectivity index is 2.76. The molecule has 0 saturated heterocycles. The number of carbonyl (C=O) groups excluding carboxylic acids is 2. The zero-order valence-electron chi connectivity index (χ0n) is 15.0. The fourth-order valence-electron chi connectivity index (χ4n) is 2.10. The average Bonchev–Trinajstić information content (AvgIpc) is 2.47. The fourth-order valence-corrected chi connectivity index (χ4v) is 2.38. The van der Waals surface area contributed by atoms with E-state index in [0.717, 1.165) is 5.56 Å². The SMILES string of the molecule is CCC(Oc1cc(C)cc(Cl)c1)C(=O)NC(C)(C)C(=O)NCC(F)(F)F. The Bertz CT molecular complexity index is 643. The fraction of sp³-hybridized carbons (Fsp3) is 0.529. The maximum atomic E-state index is 12.4. The van der Waals surface area contributed by atoms with Crippen molar-refractivity contribution in [1.82, 2.24) is 10.6 Å². The number of halogens is 4. The van der Waals surface area contributed by atoms with Crippen molar-refractivity contribution in [3.8, 4) is 5.75 Å². The van der Waals surface area contributed by atoms with Crippen molar-refractivity contribution < 1.29 is 27.5 Å². The third-order valence-electron chi connectivity index (χ3n) is 3.41. The second kappa shape index (κ2) is 8.62. The molecular weight excluding hydrogens is 373 g/mol. The summed E-state index contributed by atoms with van der Waals surface area (Å²) >= 11 is 5.95. The van der Waals surface area contributed by atoms with Crippen LogP contribution >= 0.6 is 11.6 Å². The Morgan fingerprint density at radius 3 is 2.35 bits per heavy atom. The lowest BCUT2D eigenvalue weighted by molar-refractivity contribution is -0.144. The maximum Gasteiger partial charge on any atom is 0.405 e. The number of benzene rings is 1. The zero-order chi connectivity index (χ0) is 20.1. The molecule has 0 aromatic heterocycles. The van der Waals surface area contributed by atoms with Crippen molar-refractivity contribution >= 4 is 23.4 Å². The molecule has 146 valence electrons. The topological polar surface area (TPSA) is 67.4 Å². The minimum atomic E-state index is -4.53. The van der Waals surface area contributed by atoms with E-state index < -0.39 is 36.2 Å². The van der Waals surface area contributed by atoms with Gasteiger partial charge in [-0.2, -0.15) is 13.2 Å². The van der Waals surface area contributed by atoms with E-state index in [4.69, 9.17) is 16.3 Å². The van der Waals surface area contributed by atoms with Crippen LogP contribution in [-0.2, 0) is 9.59 Å². The monoisotopic (exact) mass is 394 g/mol. The van der Waals surface area contributed by atoms with Crippen molar-refractivity contribution in [2.75, 3.05) is 6.54 Å². The van der Waals surface area contributed by atoms with Crippen molar-refractivity contribution in [3.63, 3.8) is 0 Å². The third kappa shape index (κ3) is 7.11. The lowest BCUT2D eigenvalue weighted by Crippen LogP contribution is -2.58. The van der Waals surface area contributed by atoms with E-state index in [-0.39, 0.29) is 6.42 Å². The highest BCUT2D eigenvalue weighted by Crippen LogP contribution is 2.22. The molecule has 2 N–H and O–H groups in total. The lowest BCUT2D eigenvalue weighted by atomic mass is 10.0. The van der Waals surface area contributed by atoms with Crippen LogP contribution < -0.4 is 15.4 Å². The van der Waals surface area contributed by atoms with E-state index in [9.17, 15) is 22.8 Å². The van der Waals surface area contributed by atoms with Gasteiger partial charge in [0.1, 0.15) is 17.8 Å². The molecular formula is C17H22ClF3N2O3. The Morgan fingerprint density at radius 1 is 1.23 bits per heavy atom. The van der Waals surface area contributed by atoms with Gasteiger partial charge in [-0.05, 0) is 51.0 Å². The predicted molar refractivity (Wildman–Crippen MR) is 92.2 cm³/mol. The molecule has 0 aliphatic rings. The van der Waals surface area contributed by atoms with Gasteiger partial charge in [0, 0.05) is 5.02 Å². The van der Waals surface area contributed by atoms with Gasteiger partial charge in [0.25, 0.3) is 5.91 Å². The minimum Gasteiger partial charge on any atom is -0.481 e.